The fourth-order valence-electron chi connectivity index (χ4n) is 3.68. The number of hydrogen-bond donors (Lipinski definition) is 2. The summed E-state index contributed by atoms with van der Waals surface area (Å²) in [6.45, 7) is 0. The molecule has 1 aromatic heterocycles. The van der Waals surface area contributed by atoms with Crippen LogP contribution >= 0.6 is 11.6 Å². The summed E-state index contributed by atoms with van der Waals surface area (Å²) in [7, 11) is 0. The molecule has 6 nitrogen and oxygen atoms in total. The lowest BCUT2D eigenvalue weighted by atomic mass is 9.95. The van der Waals surface area contributed by atoms with E-state index in [0.717, 1.165) is 31.4 Å². The van der Waals surface area contributed by atoms with E-state index >= 15 is 0 Å². The van der Waals surface area contributed by atoms with Crippen LogP contribution in [0, 0.1) is 0 Å². The third-order valence-corrected chi connectivity index (χ3v) is 5.64. The first-order valence-electron chi connectivity index (χ1n) is 10.1. The van der Waals surface area contributed by atoms with E-state index < -0.39 is 0 Å². The second-order valence-electron chi connectivity index (χ2n) is 7.45. The van der Waals surface area contributed by atoms with Crippen LogP contribution in [0.2, 0.25) is 5.02 Å². The number of halogens is 1. The van der Waals surface area contributed by atoms with Crippen LogP contribution < -0.4 is 10.6 Å². The second kappa shape index (κ2) is 9.13. The summed E-state index contributed by atoms with van der Waals surface area (Å²) in [4.78, 5) is 25.3. The van der Waals surface area contributed by atoms with E-state index in [0.29, 0.717) is 21.8 Å². The van der Waals surface area contributed by atoms with E-state index in [1.54, 1.807) is 41.2 Å². The van der Waals surface area contributed by atoms with Gasteiger partial charge in [0.15, 0.2) is 0 Å². The van der Waals surface area contributed by atoms with Gasteiger partial charge in [-0.05, 0) is 61.4 Å². The van der Waals surface area contributed by atoms with Gasteiger partial charge in [-0.25, -0.2) is 4.68 Å². The maximum absolute atomic E-state index is 12.7. The van der Waals surface area contributed by atoms with Crippen molar-refractivity contribution in [1.29, 1.82) is 0 Å². The molecule has 7 heteroatoms. The maximum atomic E-state index is 12.7. The van der Waals surface area contributed by atoms with Gasteiger partial charge < -0.3 is 10.6 Å². The molecule has 0 atom stereocenters. The molecule has 1 aliphatic rings. The van der Waals surface area contributed by atoms with Crippen LogP contribution in [0.1, 0.15) is 52.8 Å². The van der Waals surface area contributed by atoms with Gasteiger partial charge >= 0.3 is 0 Å². The lowest BCUT2D eigenvalue weighted by molar-refractivity contribution is 0.0926. The molecule has 2 amide bonds. The standard InChI is InChI=1S/C23H23ClN4O2/c24-21-12-9-18(15-20(21)23(30)26-17-5-2-1-3-6-17)27-22(29)16-7-10-19(11-8-16)28-14-4-13-25-28/h4,7-15,17H,1-3,5-6H2,(H,26,30)(H,27,29). The van der Waals surface area contributed by atoms with Gasteiger partial charge in [-0.15, -0.1) is 0 Å². The fourth-order valence-corrected chi connectivity index (χ4v) is 3.88. The monoisotopic (exact) mass is 422 g/mol. The Kier molecular flexibility index (Phi) is 6.14. The van der Waals surface area contributed by atoms with E-state index in [1.165, 1.54) is 6.42 Å². The number of anilines is 1. The van der Waals surface area contributed by atoms with Gasteiger partial charge in [0, 0.05) is 29.7 Å². The van der Waals surface area contributed by atoms with Crippen LogP contribution in [0.5, 0.6) is 0 Å². The molecule has 0 radical (unpaired) electrons. The van der Waals surface area contributed by atoms with Crippen LogP contribution in [-0.2, 0) is 0 Å². The summed E-state index contributed by atoms with van der Waals surface area (Å²) < 4.78 is 1.72. The summed E-state index contributed by atoms with van der Waals surface area (Å²) in [6.07, 6.45) is 9.01. The van der Waals surface area contributed by atoms with Crippen molar-refractivity contribution in [2.45, 2.75) is 38.1 Å². The Morgan fingerprint density at radius 1 is 1.00 bits per heavy atom. The SMILES string of the molecule is O=C(Nc1ccc(Cl)c(C(=O)NC2CCCCC2)c1)c1ccc(-n2cccn2)cc1. The summed E-state index contributed by atoms with van der Waals surface area (Å²) in [5.74, 6) is -0.463. The Balaban J connectivity index is 1.44. The molecule has 0 unspecified atom stereocenters. The highest BCUT2D eigenvalue weighted by Gasteiger charge is 2.19. The molecule has 0 saturated heterocycles. The van der Waals surface area contributed by atoms with Crippen molar-refractivity contribution in [3.8, 4) is 5.69 Å². The highest BCUT2D eigenvalue weighted by atomic mass is 35.5. The van der Waals surface area contributed by atoms with Gasteiger partial charge in [0.1, 0.15) is 0 Å². The molecule has 0 aliphatic heterocycles. The van der Waals surface area contributed by atoms with Crippen LogP contribution in [0.25, 0.3) is 5.69 Å². The maximum Gasteiger partial charge on any atom is 0.255 e. The van der Waals surface area contributed by atoms with Crippen LogP contribution in [0.3, 0.4) is 0 Å². The lowest BCUT2D eigenvalue weighted by Gasteiger charge is -2.23. The van der Waals surface area contributed by atoms with Crippen LogP contribution in [-0.4, -0.2) is 27.6 Å². The fraction of sp³-hybridized carbons (Fsp3) is 0.261. The molecule has 1 fully saturated rings. The number of aromatic nitrogens is 2. The molecule has 4 rings (SSSR count). The Morgan fingerprint density at radius 3 is 2.47 bits per heavy atom. The van der Waals surface area contributed by atoms with Gasteiger partial charge in [0.05, 0.1) is 16.3 Å². The molecule has 1 heterocycles. The minimum absolute atomic E-state index is 0.189. The van der Waals surface area contributed by atoms with Crippen molar-refractivity contribution in [2.24, 2.45) is 0 Å². The topological polar surface area (TPSA) is 76.0 Å². The van der Waals surface area contributed by atoms with Gasteiger partial charge in [0.2, 0.25) is 0 Å². The molecule has 0 spiro atoms. The molecule has 2 aromatic carbocycles. The van der Waals surface area contributed by atoms with Crippen molar-refractivity contribution in [2.75, 3.05) is 5.32 Å². The molecule has 0 bridgehead atoms. The zero-order valence-corrected chi connectivity index (χ0v) is 17.2. The first-order chi connectivity index (χ1) is 14.6. The van der Waals surface area contributed by atoms with E-state index in [4.69, 9.17) is 11.6 Å². The molecule has 1 aliphatic carbocycles. The zero-order chi connectivity index (χ0) is 20.9. The third-order valence-electron chi connectivity index (χ3n) is 5.31. The normalized spacial score (nSPS) is 14.3. The zero-order valence-electron chi connectivity index (χ0n) is 16.5. The molecule has 154 valence electrons. The predicted molar refractivity (Wildman–Crippen MR) is 117 cm³/mol. The van der Waals surface area contributed by atoms with Crippen molar-refractivity contribution in [1.82, 2.24) is 15.1 Å². The average molecular weight is 423 g/mol. The largest absolute Gasteiger partial charge is 0.349 e. The first kappa shape index (κ1) is 20.2. The minimum Gasteiger partial charge on any atom is -0.349 e. The Morgan fingerprint density at radius 2 is 1.77 bits per heavy atom. The Hall–Kier alpha value is -3.12. The molecular weight excluding hydrogens is 400 g/mol. The Labute approximate surface area is 180 Å². The minimum atomic E-state index is -0.261. The van der Waals surface area contributed by atoms with E-state index in [-0.39, 0.29) is 17.9 Å². The van der Waals surface area contributed by atoms with E-state index in [9.17, 15) is 9.59 Å². The molecule has 3 aromatic rings. The number of carbonyl (C=O) groups is 2. The highest BCUT2D eigenvalue weighted by molar-refractivity contribution is 6.34. The molecule has 30 heavy (non-hydrogen) atoms. The number of carbonyl (C=O) groups excluding carboxylic acids is 2. The van der Waals surface area contributed by atoms with Gasteiger partial charge in [-0.3, -0.25) is 9.59 Å². The summed E-state index contributed by atoms with van der Waals surface area (Å²) in [5.41, 5.74) is 2.27. The number of amides is 2. The van der Waals surface area contributed by atoms with Crippen molar-refractivity contribution in [3.63, 3.8) is 0 Å². The second-order valence-corrected chi connectivity index (χ2v) is 7.86. The summed E-state index contributed by atoms with van der Waals surface area (Å²) in [6, 6.07) is 14.1. The van der Waals surface area contributed by atoms with Crippen molar-refractivity contribution < 1.29 is 9.59 Å². The number of benzene rings is 2. The van der Waals surface area contributed by atoms with Gasteiger partial charge in [0.25, 0.3) is 11.8 Å². The predicted octanol–water partition coefficient (Wildman–Crippen LogP) is 4.84. The van der Waals surface area contributed by atoms with Crippen LogP contribution in [0.15, 0.2) is 60.9 Å². The van der Waals surface area contributed by atoms with Crippen molar-refractivity contribution in [3.05, 3.63) is 77.1 Å². The van der Waals surface area contributed by atoms with E-state index in [1.807, 2.05) is 24.4 Å². The number of hydrogen-bond acceptors (Lipinski definition) is 3. The van der Waals surface area contributed by atoms with Crippen molar-refractivity contribution >= 4 is 29.1 Å². The lowest BCUT2D eigenvalue weighted by Crippen LogP contribution is -2.36. The molecular formula is C23H23ClN4O2. The summed E-state index contributed by atoms with van der Waals surface area (Å²) >= 11 is 6.25. The summed E-state index contributed by atoms with van der Waals surface area (Å²) in [5, 5.41) is 10.4. The first-order valence-corrected chi connectivity index (χ1v) is 10.5. The van der Waals surface area contributed by atoms with E-state index in [2.05, 4.69) is 15.7 Å². The average Bonchev–Trinajstić information content (AvgIpc) is 3.31. The van der Waals surface area contributed by atoms with Crippen LogP contribution in [0.4, 0.5) is 5.69 Å². The van der Waals surface area contributed by atoms with Gasteiger partial charge in [-0.1, -0.05) is 30.9 Å². The number of rotatable bonds is 5. The molecule has 2 N–H and O–H groups in total. The Bertz CT molecular complexity index is 1030. The third kappa shape index (κ3) is 4.71. The highest BCUT2D eigenvalue weighted by Crippen LogP contribution is 2.23. The quantitative estimate of drug-likeness (QED) is 0.617. The number of nitrogens with one attached hydrogen (secondary N) is 2. The smallest absolute Gasteiger partial charge is 0.255 e. The molecule has 1 saturated carbocycles. The van der Waals surface area contributed by atoms with Gasteiger partial charge in [-0.2, -0.15) is 5.10 Å². The number of nitrogens with zero attached hydrogens (tertiary/aromatic N) is 2.